The second kappa shape index (κ2) is 8.87. The third-order valence-corrected chi connectivity index (χ3v) is 5.89. The summed E-state index contributed by atoms with van der Waals surface area (Å²) in [7, 11) is 1.78. The number of aromatic amines is 1. The van der Waals surface area contributed by atoms with E-state index in [2.05, 4.69) is 31.1 Å². The first-order valence-electron chi connectivity index (χ1n) is 9.03. The maximum atomic E-state index is 12.5. The number of hydrogen-bond acceptors (Lipinski definition) is 6. The molecule has 3 aromatic rings. The molecule has 0 saturated carbocycles. The van der Waals surface area contributed by atoms with Crippen molar-refractivity contribution in [1.82, 2.24) is 20.1 Å². The molecule has 0 bridgehead atoms. The lowest BCUT2D eigenvalue weighted by atomic mass is 10.2. The SMILES string of the molecule is CN(Cc1ccc2c(c1)OCCO2)C(=O)CSc1n[nH]c(-c2ccccc2Br)n1. The fourth-order valence-corrected chi connectivity index (χ4v) is 4.08. The number of nitrogens with zero attached hydrogens (tertiary/aromatic N) is 3. The molecule has 2 heterocycles. The Morgan fingerprint density at radius 2 is 2.00 bits per heavy atom. The number of carbonyl (C=O) groups excluding carboxylic acids is 1. The van der Waals surface area contributed by atoms with Crippen molar-refractivity contribution in [3.63, 3.8) is 0 Å². The Hall–Kier alpha value is -2.52. The Bertz CT molecular complexity index is 1030. The fourth-order valence-electron chi connectivity index (χ4n) is 2.87. The van der Waals surface area contributed by atoms with Crippen molar-refractivity contribution in [2.24, 2.45) is 0 Å². The third kappa shape index (κ3) is 4.73. The number of rotatable bonds is 6. The summed E-state index contributed by atoms with van der Waals surface area (Å²) in [6.07, 6.45) is 0. The largest absolute Gasteiger partial charge is 0.486 e. The first-order chi connectivity index (χ1) is 14.1. The van der Waals surface area contributed by atoms with Gasteiger partial charge in [0, 0.05) is 23.6 Å². The number of nitrogens with one attached hydrogen (secondary N) is 1. The van der Waals surface area contributed by atoms with Gasteiger partial charge in [-0.2, -0.15) is 0 Å². The van der Waals surface area contributed by atoms with Crippen LogP contribution in [0.5, 0.6) is 11.5 Å². The molecular weight excluding hydrogens is 456 g/mol. The molecule has 1 N–H and O–H groups in total. The number of benzene rings is 2. The van der Waals surface area contributed by atoms with E-state index in [1.54, 1.807) is 11.9 Å². The lowest BCUT2D eigenvalue weighted by molar-refractivity contribution is -0.127. The van der Waals surface area contributed by atoms with Crippen LogP contribution in [-0.4, -0.2) is 52.0 Å². The van der Waals surface area contributed by atoms with Crippen LogP contribution in [0.15, 0.2) is 52.1 Å². The number of ether oxygens (including phenoxy) is 2. The van der Waals surface area contributed by atoms with Gasteiger partial charge in [-0.1, -0.05) is 52.0 Å². The molecule has 0 aliphatic carbocycles. The van der Waals surface area contributed by atoms with Crippen LogP contribution in [0.3, 0.4) is 0 Å². The van der Waals surface area contributed by atoms with Crippen molar-refractivity contribution < 1.29 is 14.3 Å². The molecule has 9 heteroatoms. The average molecular weight is 475 g/mol. The first-order valence-corrected chi connectivity index (χ1v) is 10.8. The molecular formula is C20H19BrN4O3S. The van der Waals surface area contributed by atoms with E-state index in [0.29, 0.717) is 30.7 Å². The topological polar surface area (TPSA) is 80.3 Å². The normalized spacial score (nSPS) is 12.6. The van der Waals surface area contributed by atoms with Gasteiger partial charge in [0.15, 0.2) is 17.3 Å². The van der Waals surface area contributed by atoms with E-state index in [1.807, 2.05) is 42.5 Å². The van der Waals surface area contributed by atoms with E-state index in [4.69, 9.17) is 9.47 Å². The van der Waals surface area contributed by atoms with Crippen LogP contribution < -0.4 is 9.47 Å². The van der Waals surface area contributed by atoms with Crippen molar-refractivity contribution >= 4 is 33.6 Å². The summed E-state index contributed by atoms with van der Waals surface area (Å²) in [5.74, 6) is 2.39. The summed E-state index contributed by atoms with van der Waals surface area (Å²) in [4.78, 5) is 18.7. The summed E-state index contributed by atoms with van der Waals surface area (Å²) >= 11 is 4.81. The van der Waals surface area contributed by atoms with Gasteiger partial charge in [0.05, 0.1) is 5.75 Å². The van der Waals surface area contributed by atoms with Gasteiger partial charge < -0.3 is 14.4 Å². The van der Waals surface area contributed by atoms with E-state index in [9.17, 15) is 4.79 Å². The maximum absolute atomic E-state index is 12.5. The van der Waals surface area contributed by atoms with Gasteiger partial charge in [0.1, 0.15) is 13.2 Å². The van der Waals surface area contributed by atoms with Crippen LogP contribution in [0.25, 0.3) is 11.4 Å². The Kier molecular flexibility index (Phi) is 6.05. The van der Waals surface area contributed by atoms with Gasteiger partial charge in [-0.15, -0.1) is 5.10 Å². The second-order valence-corrected chi connectivity index (χ2v) is 8.26. The Labute approximate surface area is 180 Å². The summed E-state index contributed by atoms with van der Waals surface area (Å²) in [6, 6.07) is 13.5. The smallest absolute Gasteiger partial charge is 0.233 e. The summed E-state index contributed by atoms with van der Waals surface area (Å²) in [5, 5.41) is 7.66. The van der Waals surface area contributed by atoms with Crippen molar-refractivity contribution in [3.05, 3.63) is 52.5 Å². The van der Waals surface area contributed by atoms with Gasteiger partial charge in [-0.05, 0) is 23.8 Å². The zero-order valence-corrected chi connectivity index (χ0v) is 18.1. The van der Waals surface area contributed by atoms with Gasteiger partial charge in [0.25, 0.3) is 0 Å². The first kappa shape index (κ1) is 19.8. The zero-order chi connectivity index (χ0) is 20.2. The van der Waals surface area contributed by atoms with Crippen molar-refractivity contribution in [2.45, 2.75) is 11.7 Å². The zero-order valence-electron chi connectivity index (χ0n) is 15.7. The quantitative estimate of drug-likeness (QED) is 0.547. The van der Waals surface area contributed by atoms with Crippen LogP contribution in [0.2, 0.25) is 0 Å². The molecule has 29 heavy (non-hydrogen) atoms. The Balaban J connectivity index is 1.33. The number of thioether (sulfide) groups is 1. The number of hydrogen-bond donors (Lipinski definition) is 1. The number of halogens is 1. The van der Waals surface area contributed by atoms with E-state index in [1.165, 1.54) is 11.8 Å². The van der Waals surface area contributed by atoms with Crippen molar-refractivity contribution in [1.29, 1.82) is 0 Å². The lowest BCUT2D eigenvalue weighted by Gasteiger charge is -2.21. The summed E-state index contributed by atoms with van der Waals surface area (Å²) in [6.45, 7) is 1.60. The molecule has 1 aliphatic rings. The molecule has 7 nitrogen and oxygen atoms in total. The highest BCUT2D eigenvalue weighted by Crippen LogP contribution is 2.31. The van der Waals surface area contributed by atoms with E-state index >= 15 is 0 Å². The molecule has 0 radical (unpaired) electrons. The predicted molar refractivity (Wildman–Crippen MR) is 114 cm³/mol. The van der Waals surface area contributed by atoms with Crippen LogP contribution in [0.4, 0.5) is 0 Å². The van der Waals surface area contributed by atoms with Crippen molar-refractivity contribution in [2.75, 3.05) is 26.0 Å². The van der Waals surface area contributed by atoms with Gasteiger partial charge in [-0.3, -0.25) is 9.89 Å². The van der Waals surface area contributed by atoms with Crippen LogP contribution >= 0.6 is 27.7 Å². The number of carbonyl (C=O) groups is 1. The Morgan fingerprint density at radius 1 is 1.21 bits per heavy atom. The Morgan fingerprint density at radius 3 is 2.83 bits per heavy atom. The fraction of sp³-hybridized carbons (Fsp3) is 0.250. The molecule has 0 fully saturated rings. The molecule has 1 aliphatic heterocycles. The lowest BCUT2D eigenvalue weighted by Crippen LogP contribution is -2.28. The molecule has 0 spiro atoms. The minimum Gasteiger partial charge on any atom is -0.486 e. The molecule has 150 valence electrons. The number of aromatic nitrogens is 3. The van der Waals surface area contributed by atoms with Crippen LogP contribution in [0.1, 0.15) is 5.56 Å². The van der Waals surface area contributed by atoms with Gasteiger partial charge in [-0.25, -0.2) is 4.98 Å². The number of amides is 1. The standard InChI is InChI=1S/C20H19BrN4O3S/c1-25(11-13-6-7-16-17(10-13)28-9-8-27-16)18(26)12-29-20-22-19(23-24-20)14-4-2-3-5-15(14)21/h2-7,10H,8-9,11-12H2,1H3,(H,22,23,24). The van der Waals surface area contributed by atoms with Gasteiger partial charge in [0.2, 0.25) is 11.1 Å². The molecule has 0 saturated heterocycles. The molecule has 0 unspecified atom stereocenters. The van der Waals surface area contributed by atoms with E-state index in [0.717, 1.165) is 27.1 Å². The molecule has 0 atom stereocenters. The summed E-state index contributed by atoms with van der Waals surface area (Å²) < 4.78 is 12.1. The minimum absolute atomic E-state index is 0.00266. The predicted octanol–water partition coefficient (Wildman–Crippen LogP) is 3.76. The minimum atomic E-state index is -0.00266. The monoisotopic (exact) mass is 474 g/mol. The van der Waals surface area contributed by atoms with E-state index < -0.39 is 0 Å². The second-order valence-electron chi connectivity index (χ2n) is 6.46. The average Bonchev–Trinajstić information content (AvgIpc) is 3.21. The molecule has 1 aromatic heterocycles. The summed E-state index contributed by atoms with van der Waals surface area (Å²) in [5.41, 5.74) is 1.91. The van der Waals surface area contributed by atoms with Crippen molar-refractivity contribution in [3.8, 4) is 22.9 Å². The van der Waals surface area contributed by atoms with Crippen LogP contribution in [-0.2, 0) is 11.3 Å². The van der Waals surface area contributed by atoms with E-state index in [-0.39, 0.29) is 11.7 Å². The molecule has 4 rings (SSSR count). The number of H-pyrrole nitrogens is 1. The van der Waals surface area contributed by atoms with Gasteiger partial charge >= 0.3 is 0 Å². The van der Waals surface area contributed by atoms with Crippen LogP contribution in [0, 0.1) is 0 Å². The highest BCUT2D eigenvalue weighted by atomic mass is 79.9. The number of fused-ring (bicyclic) bond motifs is 1. The molecule has 1 amide bonds. The highest BCUT2D eigenvalue weighted by molar-refractivity contribution is 9.10. The highest BCUT2D eigenvalue weighted by Gasteiger charge is 2.16. The maximum Gasteiger partial charge on any atom is 0.233 e. The molecule has 2 aromatic carbocycles. The third-order valence-electron chi connectivity index (χ3n) is 4.37.